The van der Waals surface area contributed by atoms with E-state index in [-0.39, 0.29) is 10.8 Å². The van der Waals surface area contributed by atoms with Gasteiger partial charge in [-0.1, -0.05) is 6.92 Å². The summed E-state index contributed by atoms with van der Waals surface area (Å²) in [4.78, 5) is 20.0. The molecule has 0 atom stereocenters. The van der Waals surface area contributed by atoms with E-state index in [1.54, 1.807) is 19.9 Å². The van der Waals surface area contributed by atoms with Crippen LogP contribution in [0.2, 0.25) is 0 Å². The smallest absolute Gasteiger partial charge is 0.265 e. The normalized spacial score (nSPS) is 15.0. The van der Waals surface area contributed by atoms with E-state index in [2.05, 4.69) is 9.71 Å². The predicted molar refractivity (Wildman–Crippen MR) is 102 cm³/mol. The number of thiazole rings is 1. The van der Waals surface area contributed by atoms with E-state index >= 15 is 0 Å². The van der Waals surface area contributed by atoms with Crippen molar-refractivity contribution in [3.05, 3.63) is 22.3 Å². The van der Waals surface area contributed by atoms with Gasteiger partial charge in [-0.25, -0.2) is 18.1 Å². The topological polar surface area (TPSA) is 84.3 Å². The van der Waals surface area contributed by atoms with Crippen LogP contribution >= 0.6 is 11.3 Å². The Bertz CT molecular complexity index is 938. The third kappa shape index (κ3) is 3.30. The van der Waals surface area contributed by atoms with Gasteiger partial charge < -0.3 is 9.47 Å². The van der Waals surface area contributed by atoms with Crippen molar-refractivity contribution in [1.29, 1.82) is 0 Å². The zero-order valence-corrected chi connectivity index (χ0v) is 17.1. The Morgan fingerprint density at radius 1 is 1.31 bits per heavy atom. The lowest BCUT2D eigenvalue weighted by molar-refractivity contribution is 0.0796. The molecule has 3 rings (SSSR count). The summed E-state index contributed by atoms with van der Waals surface area (Å²) in [6.45, 7) is 7.26. The molecule has 142 valence electrons. The van der Waals surface area contributed by atoms with Gasteiger partial charge in [0.1, 0.15) is 14.8 Å². The highest BCUT2D eigenvalue weighted by Gasteiger charge is 2.27. The van der Waals surface area contributed by atoms with Gasteiger partial charge in [-0.2, -0.15) is 0 Å². The number of aryl methyl sites for hydroxylation is 1. The molecule has 3 heterocycles. The van der Waals surface area contributed by atoms with Crippen molar-refractivity contribution in [1.82, 2.24) is 19.2 Å². The summed E-state index contributed by atoms with van der Waals surface area (Å²) < 4.78 is 29.1. The van der Waals surface area contributed by atoms with Crippen LogP contribution in [0.4, 0.5) is 0 Å². The number of nitrogens with zero attached hydrogens (tertiary/aromatic N) is 3. The molecule has 2 aromatic rings. The Hall–Kier alpha value is -1.71. The monoisotopic (exact) mass is 396 g/mol. The number of sulfonamides is 1. The Labute approximate surface area is 158 Å². The average molecular weight is 397 g/mol. The Morgan fingerprint density at radius 3 is 2.58 bits per heavy atom. The molecule has 2 aromatic heterocycles. The molecule has 9 heteroatoms. The van der Waals surface area contributed by atoms with Crippen LogP contribution in [0.15, 0.2) is 11.0 Å². The Morgan fingerprint density at radius 2 is 1.96 bits per heavy atom. The first kappa shape index (κ1) is 19.1. The fraction of sp³-hybridized carbons (Fsp3) is 0.529. The molecular weight excluding hydrogens is 372 g/mol. The summed E-state index contributed by atoms with van der Waals surface area (Å²) in [6, 6.07) is 1.63. The van der Waals surface area contributed by atoms with Gasteiger partial charge in [0.15, 0.2) is 0 Å². The molecule has 0 spiro atoms. The molecule has 0 unspecified atom stereocenters. The van der Waals surface area contributed by atoms with Crippen LogP contribution in [0.3, 0.4) is 0 Å². The van der Waals surface area contributed by atoms with E-state index in [4.69, 9.17) is 0 Å². The van der Waals surface area contributed by atoms with Crippen molar-refractivity contribution >= 4 is 27.3 Å². The maximum atomic E-state index is 12.7. The van der Waals surface area contributed by atoms with Gasteiger partial charge in [0.05, 0.1) is 11.4 Å². The number of carbonyl (C=O) groups excluding carboxylic acids is 1. The SMILES string of the molecule is CCNS(=O)(=O)c1cc(-c2nc(C)c(C(=O)N3CCCC3)s2)n(C)c1C. The van der Waals surface area contributed by atoms with Crippen LogP contribution in [0.25, 0.3) is 10.7 Å². The quantitative estimate of drug-likeness (QED) is 0.840. The summed E-state index contributed by atoms with van der Waals surface area (Å²) >= 11 is 1.33. The number of rotatable bonds is 5. The fourth-order valence-corrected chi connectivity index (χ4v) is 5.60. The summed E-state index contributed by atoms with van der Waals surface area (Å²) in [7, 11) is -1.74. The lowest BCUT2D eigenvalue weighted by atomic mass is 10.3. The van der Waals surface area contributed by atoms with Crippen LogP contribution in [-0.2, 0) is 17.1 Å². The van der Waals surface area contributed by atoms with Crippen LogP contribution in [0.1, 0.15) is 40.8 Å². The van der Waals surface area contributed by atoms with E-state index in [1.165, 1.54) is 11.3 Å². The van der Waals surface area contributed by atoms with E-state index in [1.807, 2.05) is 23.4 Å². The number of carbonyl (C=O) groups is 1. The molecule has 7 nitrogen and oxygen atoms in total. The van der Waals surface area contributed by atoms with Gasteiger partial charge in [-0.3, -0.25) is 4.79 Å². The second-order valence-electron chi connectivity index (χ2n) is 6.47. The van der Waals surface area contributed by atoms with Crippen LogP contribution in [0.5, 0.6) is 0 Å². The third-order valence-electron chi connectivity index (χ3n) is 4.72. The lowest BCUT2D eigenvalue weighted by Gasteiger charge is -2.13. The molecule has 26 heavy (non-hydrogen) atoms. The number of hydrogen-bond acceptors (Lipinski definition) is 5. The number of nitrogens with one attached hydrogen (secondary N) is 1. The first-order valence-electron chi connectivity index (χ1n) is 8.69. The maximum Gasteiger partial charge on any atom is 0.265 e. The largest absolute Gasteiger partial charge is 0.345 e. The van der Waals surface area contributed by atoms with E-state index in [0.29, 0.717) is 33.5 Å². The number of likely N-dealkylation sites (tertiary alicyclic amines) is 1. The zero-order chi connectivity index (χ0) is 19.1. The minimum Gasteiger partial charge on any atom is -0.345 e. The molecule has 0 aliphatic carbocycles. The predicted octanol–water partition coefficient (Wildman–Crippen LogP) is 2.30. The summed E-state index contributed by atoms with van der Waals surface area (Å²) in [5, 5.41) is 0.661. The molecule has 1 aliphatic rings. The first-order valence-corrected chi connectivity index (χ1v) is 11.0. The number of aromatic nitrogens is 2. The molecule has 1 aliphatic heterocycles. The second kappa shape index (κ2) is 7.13. The highest BCUT2D eigenvalue weighted by molar-refractivity contribution is 7.89. The van der Waals surface area contributed by atoms with Crippen molar-refractivity contribution in [2.45, 2.75) is 38.5 Å². The summed E-state index contributed by atoms with van der Waals surface area (Å²) in [5.74, 6) is 0.0233. The molecule has 1 fully saturated rings. The van der Waals surface area contributed by atoms with Gasteiger partial charge in [0.25, 0.3) is 5.91 Å². The van der Waals surface area contributed by atoms with Gasteiger partial charge in [0.2, 0.25) is 10.0 Å². The average Bonchev–Trinajstić information content (AvgIpc) is 3.28. The molecule has 0 bridgehead atoms. The van der Waals surface area contributed by atoms with Crippen LogP contribution in [-0.4, -0.2) is 48.4 Å². The molecule has 0 aromatic carbocycles. The Kier molecular flexibility index (Phi) is 5.23. The first-order chi connectivity index (χ1) is 12.3. The number of amides is 1. The van der Waals surface area contributed by atoms with Gasteiger partial charge in [-0.05, 0) is 32.8 Å². The highest BCUT2D eigenvalue weighted by atomic mass is 32.2. The highest BCUT2D eigenvalue weighted by Crippen LogP contribution is 2.33. The number of hydrogen-bond donors (Lipinski definition) is 1. The van der Waals surface area contributed by atoms with Crippen molar-refractivity contribution < 1.29 is 13.2 Å². The van der Waals surface area contributed by atoms with Gasteiger partial charge in [-0.15, -0.1) is 11.3 Å². The lowest BCUT2D eigenvalue weighted by Crippen LogP contribution is -2.27. The second-order valence-corrected chi connectivity index (χ2v) is 9.21. The van der Waals surface area contributed by atoms with Crippen molar-refractivity contribution in [2.75, 3.05) is 19.6 Å². The third-order valence-corrected chi connectivity index (χ3v) is 7.54. The van der Waals surface area contributed by atoms with Gasteiger partial charge >= 0.3 is 0 Å². The molecule has 0 radical (unpaired) electrons. The molecule has 0 saturated carbocycles. The van der Waals surface area contributed by atoms with Crippen molar-refractivity contribution in [2.24, 2.45) is 7.05 Å². The minimum absolute atomic E-state index is 0.0233. The minimum atomic E-state index is -3.55. The maximum absolute atomic E-state index is 12.7. The fourth-order valence-electron chi connectivity index (χ4n) is 3.18. The van der Waals surface area contributed by atoms with E-state index in [9.17, 15) is 13.2 Å². The summed E-state index contributed by atoms with van der Waals surface area (Å²) in [5.41, 5.74) is 2.03. The van der Waals surface area contributed by atoms with Crippen LogP contribution in [0, 0.1) is 13.8 Å². The molecule has 1 N–H and O–H groups in total. The van der Waals surface area contributed by atoms with E-state index < -0.39 is 10.0 Å². The van der Waals surface area contributed by atoms with E-state index in [0.717, 1.165) is 25.9 Å². The summed E-state index contributed by atoms with van der Waals surface area (Å²) in [6.07, 6.45) is 2.08. The Balaban J connectivity index is 2.00. The van der Waals surface area contributed by atoms with Gasteiger partial charge in [0, 0.05) is 32.4 Å². The van der Waals surface area contributed by atoms with Crippen LogP contribution < -0.4 is 4.72 Å². The molecular formula is C17H24N4O3S2. The molecule has 1 saturated heterocycles. The zero-order valence-electron chi connectivity index (χ0n) is 15.5. The van der Waals surface area contributed by atoms with Crippen molar-refractivity contribution in [3.63, 3.8) is 0 Å². The molecule has 1 amide bonds. The van der Waals surface area contributed by atoms with Crippen molar-refractivity contribution in [3.8, 4) is 10.7 Å². The standard InChI is InChI=1S/C17H24N4O3S2/c1-5-18-26(23,24)14-10-13(20(4)12(14)3)16-19-11(2)15(25-16)17(22)21-8-6-7-9-21/h10,18H,5-9H2,1-4H3.